The maximum atomic E-state index is 14.8. The van der Waals surface area contributed by atoms with Crippen molar-refractivity contribution in [1.82, 2.24) is 19.8 Å². The van der Waals surface area contributed by atoms with Crippen LogP contribution in [0, 0.1) is 11.6 Å². The van der Waals surface area contributed by atoms with Gasteiger partial charge in [-0.05, 0) is 72.6 Å². The summed E-state index contributed by atoms with van der Waals surface area (Å²) in [6, 6.07) is 4.61. The SMILES string of the molecule is CN1C(C)(C)CC(Nc2nc(Nc3ccc(OC4CCN(CC=O)CC4)c(F)c3)ncc2F)CC1(C)C. The molecule has 1 aromatic heterocycles. The molecule has 3 heterocycles. The second kappa shape index (κ2) is 10.9. The van der Waals surface area contributed by atoms with Crippen LogP contribution in [-0.4, -0.2) is 76.0 Å². The third-order valence-electron chi connectivity index (χ3n) is 7.74. The second-order valence-corrected chi connectivity index (χ2v) is 11.4. The van der Waals surface area contributed by atoms with Gasteiger partial charge < -0.3 is 20.2 Å². The molecule has 0 aliphatic carbocycles. The summed E-state index contributed by atoms with van der Waals surface area (Å²) < 4.78 is 35.3. The highest BCUT2D eigenvalue weighted by atomic mass is 19.1. The van der Waals surface area contributed by atoms with Crippen molar-refractivity contribution in [1.29, 1.82) is 0 Å². The summed E-state index contributed by atoms with van der Waals surface area (Å²) in [6.07, 6.45) is 5.06. The van der Waals surface area contributed by atoms with Gasteiger partial charge >= 0.3 is 0 Å². The lowest BCUT2D eigenvalue weighted by Crippen LogP contribution is -2.61. The van der Waals surface area contributed by atoms with Gasteiger partial charge in [-0.25, -0.2) is 13.8 Å². The predicted molar refractivity (Wildman–Crippen MR) is 140 cm³/mol. The van der Waals surface area contributed by atoms with Crippen molar-refractivity contribution in [2.75, 3.05) is 37.3 Å². The molecule has 10 heteroatoms. The summed E-state index contributed by atoms with van der Waals surface area (Å²) in [6.45, 7) is 10.6. The van der Waals surface area contributed by atoms with Crippen molar-refractivity contribution in [3.8, 4) is 5.75 Å². The highest BCUT2D eigenvalue weighted by Gasteiger charge is 2.43. The number of aldehydes is 1. The van der Waals surface area contributed by atoms with Crippen LogP contribution in [0.4, 0.5) is 26.2 Å². The predicted octanol–water partition coefficient (Wildman–Crippen LogP) is 4.60. The molecule has 0 atom stereocenters. The van der Waals surface area contributed by atoms with E-state index in [9.17, 15) is 13.6 Å². The fourth-order valence-corrected chi connectivity index (χ4v) is 5.49. The Kier molecular flexibility index (Phi) is 7.99. The van der Waals surface area contributed by atoms with Gasteiger partial charge in [0.05, 0.1) is 12.7 Å². The molecule has 0 bridgehead atoms. The first-order valence-electron chi connectivity index (χ1n) is 12.9. The van der Waals surface area contributed by atoms with E-state index in [0.717, 1.165) is 51.3 Å². The lowest BCUT2D eigenvalue weighted by atomic mass is 9.77. The summed E-state index contributed by atoms with van der Waals surface area (Å²) in [5.74, 6) is -0.564. The molecule has 2 N–H and O–H groups in total. The third-order valence-corrected chi connectivity index (χ3v) is 7.74. The van der Waals surface area contributed by atoms with E-state index < -0.39 is 11.6 Å². The second-order valence-electron chi connectivity index (χ2n) is 11.4. The zero-order valence-electron chi connectivity index (χ0n) is 22.4. The molecular formula is C27H38F2N6O2. The highest BCUT2D eigenvalue weighted by molar-refractivity contribution is 5.56. The number of piperidine rings is 2. The molecule has 1 aromatic carbocycles. The smallest absolute Gasteiger partial charge is 0.229 e. The summed E-state index contributed by atoms with van der Waals surface area (Å²) in [4.78, 5) is 23.5. The van der Waals surface area contributed by atoms with E-state index >= 15 is 0 Å². The van der Waals surface area contributed by atoms with Crippen LogP contribution in [-0.2, 0) is 4.79 Å². The van der Waals surface area contributed by atoms with E-state index in [2.05, 4.69) is 65.1 Å². The highest BCUT2D eigenvalue weighted by Crippen LogP contribution is 2.38. The molecular weight excluding hydrogens is 478 g/mol. The molecule has 0 spiro atoms. The number of nitrogens with zero attached hydrogens (tertiary/aromatic N) is 4. The number of anilines is 3. The molecule has 8 nitrogen and oxygen atoms in total. The van der Waals surface area contributed by atoms with Crippen LogP contribution in [0.5, 0.6) is 5.75 Å². The van der Waals surface area contributed by atoms with E-state index in [0.29, 0.717) is 12.2 Å². The average Bonchev–Trinajstić information content (AvgIpc) is 2.82. The molecule has 0 unspecified atom stereocenters. The first-order valence-corrected chi connectivity index (χ1v) is 12.9. The monoisotopic (exact) mass is 516 g/mol. The van der Waals surface area contributed by atoms with Crippen LogP contribution in [0.1, 0.15) is 53.4 Å². The number of ether oxygens (including phenoxy) is 1. The fourth-order valence-electron chi connectivity index (χ4n) is 5.49. The van der Waals surface area contributed by atoms with E-state index in [1.54, 1.807) is 12.1 Å². The lowest BCUT2D eigenvalue weighted by Gasteiger charge is -2.53. The minimum absolute atomic E-state index is 0.0395. The van der Waals surface area contributed by atoms with Crippen LogP contribution < -0.4 is 15.4 Å². The van der Waals surface area contributed by atoms with Crippen LogP contribution in [0.3, 0.4) is 0 Å². The zero-order valence-corrected chi connectivity index (χ0v) is 22.4. The van der Waals surface area contributed by atoms with Gasteiger partial charge in [-0.2, -0.15) is 4.98 Å². The molecule has 2 aliphatic heterocycles. The van der Waals surface area contributed by atoms with Gasteiger partial charge in [0.1, 0.15) is 12.4 Å². The van der Waals surface area contributed by atoms with Gasteiger partial charge in [-0.3, -0.25) is 9.80 Å². The topological polar surface area (TPSA) is 82.6 Å². The number of carbonyl (C=O) groups is 1. The van der Waals surface area contributed by atoms with Crippen LogP contribution in [0.2, 0.25) is 0 Å². The van der Waals surface area contributed by atoms with Gasteiger partial charge in [0, 0.05) is 42.0 Å². The van der Waals surface area contributed by atoms with E-state index in [1.165, 1.54) is 6.07 Å². The maximum Gasteiger partial charge on any atom is 0.229 e. The molecule has 2 fully saturated rings. The summed E-state index contributed by atoms with van der Waals surface area (Å²) in [5.41, 5.74) is 0.320. The van der Waals surface area contributed by atoms with Crippen LogP contribution in [0.15, 0.2) is 24.4 Å². The quantitative estimate of drug-likeness (QED) is 0.493. The Bertz CT molecular complexity index is 1090. The summed E-state index contributed by atoms with van der Waals surface area (Å²) >= 11 is 0. The van der Waals surface area contributed by atoms with Crippen molar-refractivity contribution in [2.24, 2.45) is 0 Å². The van der Waals surface area contributed by atoms with E-state index in [4.69, 9.17) is 4.74 Å². The van der Waals surface area contributed by atoms with Crippen molar-refractivity contribution >= 4 is 23.7 Å². The average molecular weight is 517 g/mol. The molecule has 2 saturated heterocycles. The fraction of sp³-hybridized carbons (Fsp3) is 0.593. The van der Waals surface area contributed by atoms with Crippen molar-refractivity contribution in [3.05, 3.63) is 36.0 Å². The van der Waals surface area contributed by atoms with Crippen molar-refractivity contribution < 1.29 is 18.3 Å². The normalized spacial score (nSPS) is 20.9. The summed E-state index contributed by atoms with van der Waals surface area (Å²) in [5, 5.41) is 6.24. The molecule has 0 amide bonds. The lowest BCUT2D eigenvalue weighted by molar-refractivity contribution is -0.109. The number of benzene rings is 1. The number of rotatable bonds is 8. The van der Waals surface area contributed by atoms with Gasteiger partial charge in [0.2, 0.25) is 5.95 Å². The molecule has 0 saturated carbocycles. The Labute approximate surface area is 217 Å². The number of halogens is 2. The van der Waals surface area contributed by atoms with Gasteiger partial charge in [-0.15, -0.1) is 0 Å². The Hall–Kier alpha value is -2.85. The van der Waals surface area contributed by atoms with Crippen LogP contribution in [0.25, 0.3) is 0 Å². The molecule has 2 aromatic rings. The largest absolute Gasteiger partial charge is 0.487 e. The van der Waals surface area contributed by atoms with Gasteiger partial charge in [-0.1, -0.05) is 0 Å². The third kappa shape index (κ3) is 6.54. The Morgan fingerprint density at radius 2 is 1.78 bits per heavy atom. The molecule has 37 heavy (non-hydrogen) atoms. The molecule has 2 aliphatic rings. The van der Waals surface area contributed by atoms with Gasteiger partial charge in [0.15, 0.2) is 23.2 Å². The Morgan fingerprint density at radius 1 is 1.11 bits per heavy atom. The number of nitrogens with one attached hydrogen (secondary N) is 2. The zero-order chi connectivity index (χ0) is 26.8. The number of carbonyl (C=O) groups excluding carboxylic acids is 1. The number of hydrogen-bond donors (Lipinski definition) is 2. The van der Waals surface area contributed by atoms with E-state index in [1.807, 2.05) is 0 Å². The minimum atomic E-state index is -0.533. The van der Waals surface area contributed by atoms with E-state index in [-0.39, 0.29) is 40.7 Å². The first kappa shape index (κ1) is 27.2. The first-order chi connectivity index (χ1) is 17.5. The minimum Gasteiger partial charge on any atom is -0.487 e. The maximum absolute atomic E-state index is 14.8. The van der Waals surface area contributed by atoms with Crippen molar-refractivity contribution in [3.63, 3.8) is 0 Å². The molecule has 202 valence electrons. The number of hydrogen-bond acceptors (Lipinski definition) is 8. The van der Waals surface area contributed by atoms with Gasteiger partial charge in [0.25, 0.3) is 0 Å². The number of likely N-dealkylation sites (tertiary alicyclic amines) is 2. The Morgan fingerprint density at radius 3 is 2.41 bits per heavy atom. The summed E-state index contributed by atoms with van der Waals surface area (Å²) in [7, 11) is 2.12. The Balaban J connectivity index is 1.40. The number of aromatic nitrogens is 2. The standard InChI is InChI=1S/C27H38F2N6O2/c1-26(2)15-19(16-27(3,4)34(26)5)31-24-22(29)17-30-25(33-24)32-18-6-7-23(21(28)14-18)37-20-8-10-35(11-9-20)12-13-36/h6-7,13-14,17,19-20H,8-12,15-16H2,1-5H3,(H2,30,31,32,33). The van der Waals surface area contributed by atoms with Crippen LogP contribution >= 0.6 is 0 Å². The van der Waals surface area contributed by atoms with Crippen molar-refractivity contribution in [2.45, 2.75) is 76.6 Å². The molecule has 0 radical (unpaired) electrons. The molecule has 4 rings (SSSR count).